The smallest absolute Gasteiger partial charge is 0.123 e. The van der Waals surface area contributed by atoms with Crippen LogP contribution in [0.3, 0.4) is 0 Å². The third kappa shape index (κ3) is 2.65. The van der Waals surface area contributed by atoms with Crippen LogP contribution < -0.4 is 5.32 Å². The van der Waals surface area contributed by atoms with Crippen LogP contribution >= 0.6 is 11.6 Å². The Balaban J connectivity index is 1.72. The third-order valence-electron chi connectivity index (χ3n) is 3.68. The van der Waals surface area contributed by atoms with Gasteiger partial charge in [-0.05, 0) is 47.7 Å². The molecule has 0 amide bonds. The van der Waals surface area contributed by atoms with E-state index in [-0.39, 0.29) is 5.82 Å². The Morgan fingerprint density at radius 2 is 2.05 bits per heavy atom. The number of halogens is 2. The van der Waals surface area contributed by atoms with E-state index in [1.165, 1.54) is 23.3 Å². The van der Waals surface area contributed by atoms with Crippen LogP contribution in [0, 0.1) is 5.82 Å². The Labute approximate surface area is 117 Å². The normalized spacial score (nSPS) is 17.5. The lowest BCUT2D eigenvalue weighted by atomic mass is 10.1. The van der Waals surface area contributed by atoms with Crippen molar-refractivity contribution >= 4 is 11.6 Å². The number of aryl methyl sites for hydroxylation is 1. The lowest BCUT2D eigenvalue weighted by Gasteiger charge is -2.14. The van der Waals surface area contributed by atoms with Crippen LogP contribution in [0.5, 0.6) is 0 Å². The minimum Gasteiger partial charge on any atom is -0.306 e. The largest absolute Gasteiger partial charge is 0.306 e. The number of fused-ring (bicyclic) bond motifs is 1. The topological polar surface area (TPSA) is 12.0 Å². The molecule has 1 N–H and O–H groups in total. The van der Waals surface area contributed by atoms with Gasteiger partial charge in [0.25, 0.3) is 0 Å². The van der Waals surface area contributed by atoms with Gasteiger partial charge in [-0.25, -0.2) is 4.39 Å². The van der Waals surface area contributed by atoms with Gasteiger partial charge in [0.2, 0.25) is 0 Å². The molecular weight excluding hydrogens is 261 g/mol. The van der Waals surface area contributed by atoms with Crippen LogP contribution in [-0.4, -0.2) is 0 Å². The molecule has 1 aliphatic rings. The molecule has 1 atom stereocenters. The van der Waals surface area contributed by atoms with Gasteiger partial charge in [0.05, 0.1) is 0 Å². The van der Waals surface area contributed by atoms with E-state index in [0.717, 1.165) is 18.4 Å². The van der Waals surface area contributed by atoms with E-state index in [4.69, 9.17) is 11.6 Å². The Bertz CT molecular complexity index is 597. The summed E-state index contributed by atoms with van der Waals surface area (Å²) >= 11 is 6.08. The first-order chi connectivity index (χ1) is 9.24. The summed E-state index contributed by atoms with van der Waals surface area (Å²) in [5.74, 6) is -0.243. The van der Waals surface area contributed by atoms with Crippen molar-refractivity contribution in [3.63, 3.8) is 0 Å². The molecular formula is C16H15ClFN. The first kappa shape index (κ1) is 12.6. The first-order valence-corrected chi connectivity index (χ1v) is 6.87. The van der Waals surface area contributed by atoms with E-state index in [9.17, 15) is 4.39 Å². The highest BCUT2D eigenvalue weighted by Gasteiger charge is 2.21. The Morgan fingerprint density at radius 1 is 1.21 bits per heavy atom. The molecule has 1 unspecified atom stereocenters. The molecule has 0 aromatic heterocycles. The predicted molar refractivity (Wildman–Crippen MR) is 75.8 cm³/mol. The molecule has 0 bridgehead atoms. The Kier molecular flexibility index (Phi) is 3.54. The standard InChI is InChI=1S/C16H15ClFN/c17-15-7-6-13(18)9-12(15)10-19-16-8-5-11-3-1-2-4-14(11)16/h1-4,6-7,9,16,19H,5,8,10H2. The summed E-state index contributed by atoms with van der Waals surface area (Å²) < 4.78 is 13.2. The maximum Gasteiger partial charge on any atom is 0.123 e. The highest BCUT2D eigenvalue weighted by molar-refractivity contribution is 6.31. The van der Waals surface area contributed by atoms with Gasteiger partial charge in [0.15, 0.2) is 0 Å². The van der Waals surface area contributed by atoms with Crippen LogP contribution in [-0.2, 0) is 13.0 Å². The second-order valence-corrected chi connectivity index (χ2v) is 5.31. The van der Waals surface area contributed by atoms with Gasteiger partial charge in [0.1, 0.15) is 5.82 Å². The molecule has 3 rings (SSSR count). The second kappa shape index (κ2) is 5.32. The fourth-order valence-corrected chi connectivity index (χ4v) is 2.87. The average molecular weight is 276 g/mol. The molecule has 0 fully saturated rings. The minimum atomic E-state index is -0.243. The van der Waals surface area contributed by atoms with Crippen molar-refractivity contribution < 1.29 is 4.39 Å². The minimum absolute atomic E-state index is 0.243. The summed E-state index contributed by atoms with van der Waals surface area (Å²) in [4.78, 5) is 0. The molecule has 2 aromatic carbocycles. The molecule has 3 heteroatoms. The van der Waals surface area contributed by atoms with Crippen molar-refractivity contribution in [3.05, 3.63) is 70.0 Å². The lowest BCUT2D eigenvalue weighted by Crippen LogP contribution is -2.18. The van der Waals surface area contributed by atoms with Gasteiger partial charge in [0, 0.05) is 17.6 Å². The molecule has 0 aliphatic heterocycles. The summed E-state index contributed by atoms with van der Waals surface area (Å²) in [5.41, 5.74) is 3.58. The first-order valence-electron chi connectivity index (χ1n) is 6.49. The monoisotopic (exact) mass is 275 g/mol. The molecule has 1 nitrogen and oxygen atoms in total. The van der Waals surface area contributed by atoms with Gasteiger partial charge in [-0.15, -0.1) is 0 Å². The van der Waals surface area contributed by atoms with Gasteiger partial charge in [-0.3, -0.25) is 0 Å². The van der Waals surface area contributed by atoms with Gasteiger partial charge >= 0.3 is 0 Å². The zero-order valence-corrected chi connectivity index (χ0v) is 11.3. The van der Waals surface area contributed by atoms with Gasteiger partial charge in [-0.1, -0.05) is 35.9 Å². The van der Waals surface area contributed by atoms with Crippen molar-refractivity contribution in [2.75, 3.05) is 0 Å². The molecule has 2 aromatic rings. The maximum absolute atomic E-state index is 13.2. The fourth-order valence-electron chi connectivity index (χ4n) is 2.68. The van der Waals surface area contributed by atoms with Crippen molar-refractivity contribution in [1.82, 2.24) is 5.32 Å². The van der Waals surface area contributed by atoms with Crippen molar-refractivity contribution in [2.24, 2.45) is 0 Å². The Morgan fingerprint density at radius 3 is 2.95 bits per heavy atom. The van der Waals surface area contributed by atoms with Crippen LogP contribution in [0.2, 0.25) is 5.02 Å². The molecule has 0 saturated carbocycles. The fraction of sp³-hybridized carbons (Fsp3) is 0.250. The van der Waals surface area contributed by atoms with E-state index in [1.807, 2.05) is 0 Å². The quantitative estimate of drug-likeness (QED) is 0.883. The molecule has 1 aliphatic carbocycles. The van der Waals surface area contributed by atoms with E-state index in [0.29, 0.717) is 17.6 Å². The van der Waals surface area contributed by atoms with Gasteiger partial charge < -0.3 is 5.32 Å². The molecule has 0 heterocycles. The van der Waals surface area contributed by atoms with E-state index >= 15 is 0 Å². The average Bonchev–Trinajstić information content (AvgIpc) is 2.83. The zero-order chi connectivity index (χ0) is 13.2. The highest BCUT2D eigenvalue weighted by atomic mass is 35.5. The van der Waals surface area contributed by atoms with Crippen molar-refractivity contribution in [2.45, 2.75) is 25.4 Å². The van der Waals surface area contributed by atoms with Crippen LogP contribution in [0.15, 0.2) is 42.5 Å². The number of hydrogen-bond acceptors (Lipinski definition) is 1. The maximum atomic E-state index is 13.2. The zero-order valence-electron chi connectivity index (χ0n) is 10.5. The highest BCUT2D eigenvalue weighted by Crippen LogP contribution is 2.31. The summed E-state index contributed by atoms with van der Waals surface area (Å²) in [6.07, 6.45) is 2.19. The molecule has 0 saturated heterocycles. The summed E-state index contributed by atoms with van der Waals surface area (Å²) in [7, 11) is 0. The Hall–Kier alpha value is -1.38. The summed E-state index contributed by atoms with van der Waals surface area (Å²) in [5, 5.41) is 4.08. The number of rotatable bonds is 3. The van der Waals surface area contributed by atoms with E-state index < -0.39 is 0 Å². The SMILES string of the molecule is Fc1ccc(Cl)c(CNC2CCc3ccccc32)c1. The van der Waals surface area contributed by atoms with Crippen LogP contribution in [0.25, 0.3) is 0 Å². The second-order valence-electron chi connectivity index (χ2n) is 4.91. The summed E-state index contributed by atoms with van der Waals surface area (Å²) in [6, 6.07) is 13.3. The van der Waals surface area contributed by atoms with Crippen LogP contribution in [0.4, 0.5) is 4.39 Å². The molecule has 98 valence electrons. The van der Waals surface area contributed by atoms with E-state index in [2.05, 4.69) is 29.6 Å². The third-order valence-corrected chi connectivity index (χ3v) is 4.05. The van der Waals surface area contributed by atoms with Crippen molar-refractivity contribution in [3.8, 4) is 0 Å². The van der Waals surface area contributed by atoms with Crippen LogP contribution in [0.1, 0.15) is 29.2 Å². The number of nitrogens with one attached hydrogen (secondary N) is 1. The number of benzene rings is 2. The van der Waals surface area contributed by atoms with Gasteiger partial charge in [-0.2, -0.15) is 0 Å². The van der Waals surface area contributed by atoms with E-state index in [1.54, 1.807) is 6.07 Å². The predicted octanol–water partition coefficient (Wildman–Crippen LogP) is 4.26. The molecule has 0 radical (unpaired) electrons. The van der Waals surface area contributed by atoms with Crippen molar-refractivity contribution in [1.29, 1.82) is 0 Å². The molecule has 0 spiro atoms. The molecule has 19 heavy (non-hydrogen) atoms. The number of hydrogen-bond donors (Lipinski definition) is 1. The lowest BCUT2D eigenvalue weighted by molar-refractivity contribution is 0.528. The summed E-state index contributed by atoms with van der Waals surface area (Å²) in [6.45, 7) is 0.593.